The fourth-order valence-corrected chi connectivity index (χ4v) is 3.23. The molecule has 122 valence electrons. The Morgan fingerprint density at radius 2 is 2.14 bits per heavy atom. The molecule has 2 rings (SSSR count). The predicted octanol–water partition coefficient (Wildman–Crippen LogP) is 0.985. The Hall–Kier alpha value is -1.34. The maximum atomic E-state index is 12.6. The van der Waals surface area contributed by atoms with Gasteiger partial charge in [-0.25, -0.2) is 0 Å². The van der Waals surface area contributed by atoms with Crippen molar-refractivity contribution in [3.05, 3.63) is 0 Å². The molecule has 1 aliphatic carbocycles. The average Bonchev–Trinajstić information content (AvgIpc) is 2.48. The Balaban J connectivity index is 2.12. The fraction of sp³-hybridized carbons (Fsp3) is 0.733. The topological polar surface area (TPSA) is 87.8 Å². The van der Waals surface area contributed by atoms with E-state index in [1.54, 1.807) is 0 Å². The summed E-state index contributed by atoms with van der Waals surface area (Å²) in [6.07, 6.45) is 6.28. The first kappa shape index (κ1) is 17.0. The third-order valence-electron chi connectivity index (χ3n) is 4.47. The Morgan fingerprint density at radius 1 is 1.45 bits per heavy atom. The van der Waals surface area contributed by atoms with Gasteiger partial charge < -0.3 is 11.1 Å². The normalized spacial score (nSPS) is 31.5. The Morgan fingerprint density at radius 3 is 2.77 bits per heavy atom. The number of carbonyl (C=O) groups is 2. The van der Waals surface area contributed by atoms with Crippen LogP contribution in [0.1, 0.15) is 46.0 Å². The molecule has 0 aromatic heterocycles. The zero-order valence-electron chi connectivity index (χ0n) is 13.1. The predicted molar refractivity (Wildman–Crippen MR) is 89.6 cm³/mol. The molecule has 2 amide bonds. The van der Waals surface area contributed by atoms with E-state index in [2.05, 4.69) is 10.3 Å². The highest BCUT2D eigenvalue weighted by molar-refractivity contribution is 7.80. The van der Waals surface area contributed by atoms with E-state index in [4.69, 9.17) is 18.0 Å². The third-order valence-corrected chi connectivity index (χ3v) is 4.77. The molecule has 0 radical (unpaired) electrons. The second-order valence-corrected chi connectivity index (χ2v) is 6.44. The zero-order chi connectivity index (χ0) is 16.3. The van der Waals surface area contributed by atoms with Gasteiger partial charge in [-0.1, -0.05) is 19.8 Å². The van der Waals surface area contributed by atoms with Gasteiger partial charge in [-0.05, 0) is 38.4 Å². The summed E-state index contributed by atoms with van der Waals surface area (Å²) in [4.78, 5) is 30.5. The molecule has 1 saturated heterocycles. The van der Waals surface area contributed by atoms with Gasteiger partial charge >= 0.3 is 0 Å². The van der Waals surface area contributed by atoms with Crippen LogP contribution in [0.3, 0.4) is 0 Å². The lowest BCUT2D eigenvalue weighted by molar-refractivity contribution is -0.139. The summed E-state index contributed by atoms with van der Waals surface area (Å²) in [5.41, 5.74) is 6.05. The number of rotatable bonds is 4. The van der Waals surface area contributed by atoms with Crippen LogP contribution < -0.4 is 11.1 Å². The van der Waals surface area contributed by atoms with E-state index in [1.807, 2.05) is 13.8 Å². The van der Waals surface area contributed by atoms with E-state index in [1.165, 1.54) is 11.1 Å². The minimum Gasteiger partial charge on any atom is -0.326 e. The van der Waals surface area contributed by atoms with Crippen LogP contribution in [0.4, 0.5) is 0 Å². The van der Waals surface area contributed by atoms with Gasteiger partial charge in [0.2, 0.25) is 11.8 Å². The van der Waals surface area contributed by atoms with Gasteiger partial charge in [-0.3, -0.25) is 19.5 Å². The van der Waals surface area contributed by atoms with Crippen molar-refractivity contribution in [2.45, 2.75) is 64.1 Å². The highest BCUT2D eigenvalue weighted by Crippen LogP contribution is 2.20. The van der Waals surface area contributed by atoms with Crippen molar-refractivity contribution < 1.29 is 9.59 Å². The molecule has 1 heterocycles. The lowest BCUT2D eigenvalue weighted by Gasteiger charge is -2.35. The van der Waals surface area contributed by atoms with Crippen LogP contribution in [0.5, 0.6) is 0 Å². The standard InChI is InChI=1S/C15H24N4O2S/c1-3-9(2)19-14(21)10(13(20)18-15(19)22)8-17-12-7-5-4-6-11(12)16/h8-12H,3-7,16H2,1-2H3,(H,18,20,22)/t9-,10-,11+,12-/m1/s1. The van der Waals surface area contributed by atoms with Crippen LogP contribution in [0, 0.1) is 5.92 Å². The molecule has 1 aliphatic heterocycles. The molecule has 4 atom stereocenters. The Labute approximate surface area is 136 Å². The third kappa shape index (κ3) is 3.52. The monoisotopic (exact) mass is 324 g/mol. The van der Waals surface area contributed by atoms with Crippen LogP contribution in [-0.2, 0) is 9.59 Å². The van der Waals surface area contributed by atoms with Crippen molar-refractivity contribution in [2.24, 2.45) is 16.6 Å². The SMILES string of the molecule is CC[C@@H](C)N1C(=O)[C@H](C=N[C@@H]2CCCC[C@@H]2N)C(=O)NC1=S. The average molecular weight is 324 g/mol. The van der Waals surface area contributed by atoms with Crippen molar-refractivity contribution in [3.8, 4) is 0 Å². The molecule has 7 heteroatoms. The van der Waals surface area contributed by atoms with Gasteiger partial charge in [0.1, 0.15) is 0 Å². The van der Waals surface area contributed by atoms with Gasteiger partial charge in [-0.2, -0.15) is 0 Å². The first-order valence-electron chi connectivity index (χ1n) is 7.92. The molecule has 0 spiro atoms. The summed E-state index contributed by atoms with van der Waals surface area (Å²) in [6, 6.07) is -0.0350. The molecule has 3 N–H and O–H groups in total. The lowest BCUT2D eigenvalue weighted by atomic mass is 9.91. The second-order valence-electron chi connectivity index (χ2n) is 6.05. The Kier molecular flexibility index (Phi) is 5.63. The number of carbonyl (C=O) groups excluding carboxylic acids is 2. The van der Waals surface area contributed by atoms with E-state index in [-0.39, 0.29) is 29.1 Å². The highest BCUT2D eigenvalue weighted by Gasteiger charge is 2.39. The van der Waals surface area contributed by atoms with Crippen LogP contribution in [-0.4, -0.2) is 46.2 Å². The van der Waals surface area contributed by atoms with Crippen molar-refractivity contribution in [1.29, 1.82) is 0 Å². The summed E-state index contributed by atoms with van der Waals surface area (Å²) in [6.45, 7) is 3.88. The van der Waals surface area contributed by atoms with Gasteiger partial charge in [0, 0.05) is 18.3 Å². The minimum atomic E-state index is -0.908. The van der Waals surface area contributed by atoms with Gasteiger partial charge in [-0.15, -0.1) is 0 Å². The molecule has 0 aromatic carbocycles. The van der Waals surface area contributed by atoms with Gasteiger partial charge in [0.05, 0.1) is 6.04 Å². The van der Waals surface area contributed by atoms with Crippen molar-refractivity contribution in [3.63, 3.8) is 0 Å². The largest absolute Gasteiger partial charge is 0.326 e. The minimum absolute atomic E-state index is 0.000256. The van der Waals surface area contributed by atoms with Crippen LogP contribution in [0.2, 0.25) is 0 Å². The maximum absolute atomic E-state index is 12.6. The number of thiocarbonyl (C=S) groups is 1. The number of nitrogens with one attached hydrogen (secondary N) is 1. The first-order chi connectivity index (χ1) is 10.5. The molecule has 0 aromatic rings. The molecule has 6 nitrogen and oxygen atoms in total. The van der Waals surface area contributed by atoms with E-state index < -0.39 is 11.8 Å². The lowest BCUT2D eigenvalue weighted by Crippen LogP contribution is -2.60. The smallest absolute Gasteiger partial charge is 0.247 e. The van der Waals surface area contributed by atoms with Crippen LogP contribution in [0.25, 0.3) is 0 Å². The highest BCUT2D eigenvalue weighted by atomic mass is 32.1. The molecule has 1 saturated carbocycles. The number of nitrogens with two attached hydrogens (primary N) is 1. The summed E-state index contributed by atoms with van der Waals surface area (Å²) < 4.78 is 0. The molecular formula is C15H24N4O2S. The number of aliphatic imine (C=N–C) groups is 1. The molecule has 2 fully saturated rings. The molecule has 22 heavy (non-hydrogen) atoms. The van der Waals surface area contributed by atoms with Crippen molar-refractivity contribution in [1.82, 2.24) is 10.2 Å². The van der Waals surface area contributed by atoms with Gasteiger partial charge in [0.15, 0.2) is 11.0 Å². The Bertz CT molecular complexity index is 494. The number of hydrogen-bond donors (Lipinski definition) is 2. The molecule has 0 bridgehead atoms. The first-order valence-corrected chi connectivity index (χ1v) is 8.33. The zero-order valence-corrected chi connectivity index (χ0v) is 13.9. The number of nitrogens with zero attached hydrogens (tertiary/aromatic N) is 2. The van der Waals surface area contributed by atoms with Gasteiger partial charge in [0.25, 0.3) is 0 Å². The quantitative estimate of drug-likeness (QED) is 0.458. The van der Waals surface area contributed by atoms with Crippen LogP contribution >= 0.6 is 12.2 Å². The molecular weight excluding hydrogens is 300 g/mol. The number of amides is 2. The van der Waals surface area contributed by atoms with E-state index in [0.717, 1.165) is 32.1 Å². The van der Waals surface area contributed by atoms with Crippen LogP contribution in [0.15, 0.2) is 4.99 Å². The molecule has 0 unspecified atom stereocenters. The van der Waals surface area contributed by atoms with E-state index in [9.17, 15) is 9.59 Å². The fourth-order valence-electron chi connectivity index (χ4n) is 2.86. The van der Waals surface area contributed by atoms with Crippen molar-refractivity contribution in [2.75, 3.05) is 0 Å². The summed E-state index contributed by atoms with van der Waals surface area (Å²) in [5, 5.41) is 2.78. The van der Waals surface area contributed by atoms with E-state index >= 15 is 0 Å². The molecule has 2 aliphatic rings. The summed E-state index contributed by atoms with van der Waals surface area (Å²) in [7, 11) is 0. The van der Waals surface area contributed by atoms with Crippen molar-refractivity contribution >= 4 is 35.4 Å². The summed E-state index contributed by atoms with van der Waals surface area (Å²) in [5.74, 6) is -1.60. The maximum Gasteiger partial charge on any atom is 0.247 e. The summed E-state index contributed by atoms with van der Waals surface area (Å²) >= 11 is 5.11. The second kappa shape index (κ2) is 7.28. The van der Waals surface area contributed by atoms with E-state index in [0.29, 0.717) is 0 Å². The number of hydrogen-bond acceptors (Lipinski definition) is 5.